The standard InChI is InChI=1S/C30H36N6O2.C29H32N6O3.C2H6.C2H4/c1-2-21-3-7-23(8-4-21)24-9-5-22(6-10-24)20-36-17-14-30(13-16-31,15-18-36)34-19-26(28(33)37)27(32)35-29(38)25-11-12-25;30-13-10-29(35-18-25(26(31)37)27(33-35)32-28(38)23-8-9-23)11-14-34(15-12-29)17-20-4-6-22(7-5-20)24-3-1-2-21(16-24)19-36;2*1-2/h3-10,19,25,34H,2,11-15,17-18,20H2,1H3,(H2,33,37)(H2,32,35,38);1-7,16,18,23,36H,8-12,14-15,17,19H2,(H2,31,37)(H,32,33,38);1-2H3;1-2H2/b26-19+;;;. The summed E-state index contributed by atoms with van der Waals surface area (Å²) in [6.45, 7) is 16.9. The van der Waals surface area contributed by atoms with Crippen LogP contribution in [0, 0.1) is 34.5 Å². The molecule has 2 saturated carbocycles. The van der Waals surface area contributed by atoms with E-state index in [1.807, 2.05) is 38.1 Å². The maximum Gasteiger partial charge on any atom is 0.254 e. The van der Waals surface area contributed by atoms with Crippen molar-refractivity contribution in [2.45, 2.75) is 122 Å². The van der Waals surface area contributed by atoms with Gasteiger partial charge in [0.25, 0.3) is 17.7 Å². The number of anilines is 1. The van der Waals surface area contributed by atoms with Crippen LogP contribution >= 0.6 is 0 Å². The molecular weight excluding hydrogens is 1000 g/mol. The van der Waals surface area contributed by atoms with Crippen LogP contribution in [-0.4, -0.2) is 85.9 Å². The smallest absolute Gasteiger partial charge is 0.254 e. The van der Waals surface area contributed by atoms with Crippen molar-refractivity contribution in [1.82, 2.24) is 24.9 Å². The van der Waals surface area contributed by atoms with Gasteiger partial charge in [0.05, 0.1) is 48.2 Å². The number of aromatic nitrogens is 2. The lowest BCUT2D eigenvalue weighted by Crippen LogP contribution is -2.51. The minimum absolute atomic E-state index is 0.0208. The van der Waals surface area contributed by atoms with Crippen molar-refractivity contribution in [3.8, 4) is 34.4 Å². The summed E-state index contributed by atoms with van der Waals surface area (Å²) in [5.41, 5.74) is 25.3. The fourth-order valence-electron chi connectivity index (χ4n) is 9.88. The molecule has 5 aromatic rings. The second kappa shape index (κ2) is 29.1. The van der Waals surface area contributed by atoms with Gasteiger partial charge in [0.1, 0.15) is 11.4 Å². The molecule has 0 bridgehead atoms. The molecule has 80 heavy (non-hydrogen) atoms. The molecule has 0 atom stereocenters. The number of nitriles is 2. The SMILES string of the molecule is C=C.CC.CCc1ccc(-c2ccc(CN3CCC(CC#N)(N/C=C(/C(N)=O)C(N)=NC(=O)C4CC4)CC3)cc2)cc1.N#CCC1(n2cc(C(N)=O)c(NC(=O)C3CC3)n2)CCN(Cc2ccc(-c3cccc(CO)c3)cc2)CC1. The zero-order valence-corrected chi connectivity index (χ0v) is 46.6. The van der Waals surface area contributed by atoms with Crippen LogP contribution in [0.25, 0.3) is 22.3 Å². The van der Waals surface area contributed by atoms with Gasteiger partial charge in [0.2, 0.25) is 5.91 Å². The molecule has 4 amide bonds. The number of aryl methyl sites for hydroxylation is 1. The molecule has 4 fully saturated rings. The predicted molar refractivity (Wildman–Crippen MR) is 314 cm³/mol. The molecule has 9 rings (SSSR count). The maximum atomic E-state index is 12.3. The fourth-order valence-corrected chi connectivity index (χ4v) is 9.88. The number of aliphatic imine (C=N–C) groups is 1. The van der Waals surface area contributed by atoms with E-state index < -0.39 is 22.9 Å². The first-order chi connectivity index (χ1) is 38.7. The lowest BCUT2D eigenvalue weighted by atomic mass is 9.84. The molecule has 2 saturated heterocycles. The number of aliphatic hydroxyl groups is 1. The Balaban J connectivity index is 0.000000243. The Bertz CT molecular complexity index is 3040. The first-order valence-electron chi connectivity index (χ1n) is 27.8. The van der Waals surface area contributed by atoms with Gasteiger partial charge in [0.15, 0.2) is 5.82 Å². The molecule has 0 radical (unpaired) electrons. The Hall–Kier alpha value is -8.22. The first kappa shape index (κ1) is 61.0. The normalized spacial score (nSPS) is 16.8. The van der Waals surface area contributed by atoms with Crippen molar-refractivity contribution < 1.29 is 24.3 Å². The number of piperidine rings is 2. The van der Waals surface area contributed by atoms with Crippen molar-refractivity contribution in [2.24, 2.45) is 34.0 Å². The summed E-state index contributed by atoms with van der Waals surface area (Å²) in [7, 11) is 0. The summed E-state index contributed by atoms with van der Waals surface area (Å²) in [5, 5.41) is 39.1. The molecule has 4 aromatic carbocycles. The minimum atomic E-state index is -0.767. The lowest BCUT2D eigenvalue weighted by molar-refractivity contribution is -0.119. The number of carbonyl (C=O) groups is 4. The molecule has 1 aromatic heterocycles. The van der Waals surface area contributed by atoms with Crippen LogP contribution < -0.4 is 27.8 Å². The molecule has 0 spiro atoms. The number of hydrogen-bond acceptors (Lipinski definition) is 11. The highest BCUT2D eigenvalue weighted by Crippen LogP contribution is 2.37. The number of benzene rings is 4. The molecule has 4 aliphatic rings. The van der Waals surface area contributed by atoms with Crippen LogP contribution in [-0.2, 0) is 46.0 Å². The van der Waals surface area contributed by atoms with Crippen LogP contribution in [0.2, 0.25) is 0 Å². The highest BCUT2D eigenvalue weighted by molar-refractivity contribution is 6.21. The highest BCUT2D eigenvalue weighted by atomic mass is 16.3. The van der Waals surface area contributed by atoms with E-state index in [1.54, 1.807) is 10.9 Å². The van der Waals surface area contributed by atoms with Crippen molar-refractivity contribution in [3.05, 3.63) is 156 Å². The molecule has 3 heterocycles. The number of amidine groups is 1. The van der Waals surface area contributed by atoms with E-state index in [1.165, 1.54) is 34.0 Å². The number of primary amides is 2. The van der Waals surface area contributed by atoms with E-state index >= 15 is 0 Å². The van der Waals surface area contributed by atoms with Gasteiger partial charge < -0.3 is 32.9 Å². The van der Waals surface area contributed by atoms with Gasteiger partial charge in [0, 0.05) is 63.5 Å². The summed E-state index contributed by atoms with van der Waals surface area (Å²) in [5.74, 6) is -2.03. The number of amides is 4. The average Bonchev–Trinajstić information content (AvgIpc) is 4.45. The van der Waals surface area contributed by atoms with E-state index in [2.05, 4.69) is 136 Å². The second-order valence-electron chi connectivity index (χ2n) is 20.7. The summed E-state index contributed by atoms with van der Waals surface area (Å²) < 4.78 is 1.69. The van der Waals surface area contributed by atoms with E-state index in [9.17, 15) is 34.8 Å². The largest absolute Gasteiger partial charge is 0.392 e. The van der Waals surface area contributed by atoms with E-state index in [0.29, 0.717) is 25.7 Å². The molecular formula is C63H78N12O5. The van der Waals surface area contributed by atoms with Crippen molar-refractivity contribution >= 4 is 35.3 Å². The number of nitrogens with one attached hydrogen (secondary N) is 2. The maximum absolute atomic E-state index is 12.3. The van der Waals surface area contributed by atoms with E-state index in [-0.39, 0.29) is 65.9 Å². The molecule has 17 nitrogen and oxygen atoms in total. The van der Waals surface area contributed by atoms with Gasteiger partial charge in [-0.2, -0.15) is 20.6 Å². The molecule has 2 aliphatic heterocycles. The van der Waals surface area contributed by atoms with Gasteiger partial charge in [-0.3, -0.25) is 33.7 Å². The molecule has 0 unspecified atom stereocenters. The van der Waals surface area contributed by atoms with Gasteiger partial charge >= 0.3 is 0 Å². The quantitative estimate of drug-likeness (QED) is 0.0196. The number of likely N-dealkylation sites (tertiary alicyclic amines) is 2. The Morgan fingerprint density at radius 2 is 1.24 bits per heavy atom. The highest BCUT2D eigenvalue weighted by Gasteiger charge is 2.40. The minimum Gasteiger partial charge on any atom is -0.392 e. The first-order valence-corrected chi connectivity index (χ1v) is 27.8. The Morgan fingerprint density at radius 3 is 1.71 bits per heavy atom. The van der Waals surface area contributed by atoms with Crippen LogP contribution in [0.5, 0.6) is 0 Å². The fraction of sp³-hybridized carbons (Fsp3) is 0.397. The lowest BCUT2D eigenvalue weighted by Gasteiger charge is -2.41. The number of nitrogens with two attached hydrogens (primary N) is 3. The summed E-state index contributed by atoms with van der Waals surface area (Å²) >= 11 is 0. The number of nitrogens with zero attached hydrogens (tertiary/aromatic N) is 7. The van der Waals surface area contributed by atoms with Crippen LogP contribution in [0.1, 0.15) is 118 Å². The Kier molecular flexibility index (Phi) is 22.2. The zero-order chi connectivity index (χ0) is 57.8. The number of rotatable bonds is 19. The van der Waals surface area contributed by atoms with Crippen molar-refractivity contribution in [2.75, 3.05) is 31.5 Å². The molecule has 420 valence electrons. The zero-order valence-electron chi connectivity index (χ0n) is 46.6. The van der Waals surface area contributed by atoms with Crippen LogP contribution in [0.3, 0.4) is 0 Å². The molecule has 2 aliphatic carbocycles. The monoisotopic (exact) mass is 1080 g/mol. The number of aliphatic hydroxyl groups excluding tert-OH is 1. The van der Waals surface area contributed by atoms with Crippen molar-refractivity contribution in [3.63, 3.8) is 0 Å². The summed E-state index contributed by atoms with van der Waals surface area (Å²) in [6, 6.07) is 38.3. The third kappa shape index (κ3) is 16.4. The van der Waals surface area contributed by atoms with Gasteiger partial charge in [-0.05, 0) is 108 Å². The topological polar surface area (TPSA) is 275 Å². The van der Waals surface area contributed by atoms with Crippen LogP contribution in [0.15, 0.2) is 133 Å². The summed E-state index contributed by atoms with van der Waals surface area (Å²) in [4.78, 5) is 57.0. The Labute approximate surface area is 471 Å². The third-order valence-electron chi connectivity index (χ3n) is 15.2. The second-order valence-corrected chi connectivity index (χ2v) is 20.7. The third-order valence-corrected chi connectivity index (χ3v) is 15.2. The van der Waals surface area contributed by atoms with E-state index in [4.69, 9.17) is 17.2 Å². The van der Waals surface area contributed by atoms with Crippen LogP contribution in [0.4, 0.5) is 5.82 Å². The number of carbonyl (C=O) groups excluding carboxylic acids is 4. The molecule has 17 heteroatoms. The predicted octanol–water partition coefficient (Wildman–Crippen LogP) is 8.64. The van der Waals surface area contributed by atoms with E-state index in [0.717, 1.165) is 88.1 Å². The van der Waals surface area contributed by atoms with Gasteiger partial charge in [-0.1, -0.05) is 112 Å². The molecule has 9 N–H and O–H groups in total. The average molecular weight is 1080 g/mol. The van der Waals surface area contributed by atoms with Gasteiger partial charge in [-0.15, -0.1) is 13.2 Å². The summed E-state index contributed by atoms with van der Waals surface area (Å²) in [6.07, 6.45) is 10.6. The van der Waals surface area contributed by atoms with Gasteiger partial charge in [-0.25, -0.2) is 0 Å². The Morgan fingerprint density at radius 1 is 0.725 bits per heavy atom. The van der Waals surface area contributed by atoms with Crippen molar-refractivity contribution in [1.29, 1.82) is 10.5 Å². The number of hydrogen-bond donors (Lipinski definition) is 6.